The fourth-order valence-corrected chi connectivity index (χ4v) is 5.11. The van der Waals surface area contributed by atoms with Crippen LogP contribution in [0.3, 0.4) is 0 Å². The molecule has 2 heteroatoms. The van der Waals surface area contributed by atoms with Gasteiger partial charge in [0.1, 0.15) is 5.16 Å². The lowest BCUT2D eigenvalue weighted by Crippen LogP contribution is -3.00. The van der Waals surface area contributed by atoms with Crippen molar-refractivity contribution < 1.29 is 12.4 Å². The van der Waals surface area contributed by atoms with Crippen LogP contribution in [-0.4, -0.2) is 0 Å². The Morgan fingerprint density at radius 3 is 2.04 bits per heavy atom. The summed E-state index contributed by atoms with van der Waals surface area (Å²) in [5.74, 6) is 2.24. The van der Waals surface area contributed by atoms with Crippen molar-refractivity contribution in [3.05, 3.63) is 47.8 Å². The zero-order chi connectivity index (χ0) is 16.3. The molecule has 0 fully saturated rings. The van der Waals surface area contributed by atoms with Gasteiger partial charge < -0.3 is 12.4 Å². The Kier molecular flexibility index (Phi) is 12.8. The van der Waals surface area contributed by atoms with Crippen LogP contribution < -0.4 is 12.4 Å². The summed E-state index contributed by atoms with van der Waals surface area (Å²) in [5, 5.41) is 0.401. The Labute approximate surface area is 152 Å². The number of unbranched alkanes of at least 4 members (excludes halogenated alkanes) is 3. The molecule has 1 atom stereocenters. The topological polar surface area (TPSA) is 0 Å². The highest BCUT2D eigenvalue weighted by Gasteiger charge is 2.37. The fraction of sp³-hybridized carbons (Fsp3) is 0.619. The van der Waals surface area contributed by atoms with Crippen LogP contribution in [-0.2, 0) is 11.6 Å². The SMILES string of the molecule is C=C[PH2+]C(CCCC)(CCCC)c1ccccc1CCCC.[Cl-]. The van der Waals surface area contributed by atoms with Crippen LogP contribution in [0.4, 0.5) is 0 Å². The maximum absolute atomic E-state index is 4.12. The summed E-state index contributed by atoms with van der Waals surface area (Å²) in [6, 6.07) is 9.27. The summed E-state index contributed by atoms with van der Waals surface area (Å²) in [6.45, 7) is 11.0. The molecule has 0 aromatic heterocycles. The minimum Gasteiger partial charge on any atom is -1.00 e. The van der Waals surface area contributed by atoms with E-state index in [4.69, 9.17) is 0 Å². The smallest absolute Gasteiger partial charge is 0.104 e. The monoisotopic (exact) mass is 354 g/mol. The normalized spacial score (nSPS) is 11.6. The molecule has 1 aromatic rings. The van der Waals surface area contributed by atoms with Gasteiger partial charge in [0.05, 0.1) is 0 Å². The highest BCUT2D eigenvalue weighted by Crippen LogP contribution is 2.51. The van der Waals surface area contributed by atoms with Gasteiger partial charge in [0, 0.05) is 14.4 Å². The van der Waals surface area contributed by atoms with Crippen molar-refractivity contribution in [2.24, 2.45) is 0 Å². The van der Waals surface area contributed by atoms with E-state index in [-0.39, 0.29) is 21.0 Å². The predicted octanol–water partition coefficient (Wildman–Crippen LogP) is 4.16. The van der Waals surface area contributed by atoms with Crippen molar-refractivity contribution in [3.8, 4) is 0 Å². The molecule has 0 spiro atoms. The number of hydrogen-bond donors (Lipinski definition) is 0. The molecule has 0 heterocycles. The second-order valence-corrected chi connectivity index (χ2v) is 8.44. The van der Waals surface area contributed by atoms with Crippen LogP contribution in [0, 0.1) is 0 Å². The summed E-state index contributed by atoms with van der Waals surface area (Å²) in [7, 11) is 0.274. The second-order valence-electron chi connectivity index (χ2n) is 6.53. The summed E-state index contributed by atoms with van der Waals surface area (Å²) >= 11 is 0. The Balaban J connectivity index is 0.00000484. The quantitative estimate of drug-likeness (QED) is 0.494. The van der Waals surface area contributed by atoms with E-state index in [1.807, 2.05) is 0 Å². The predicted molar refractivity (Wildman–Crippen MR) is 106 cm³/mol. The molecule has 0 radical (unpaired) electrons. The highest BCUT2D eigenvalue weighted by molar-refractivity contribution is 7.43. The van der Waals surface area contributed by atoms with Gasteiger partial charge in [-0.3, -0.25) is 0 Å². The lowest BCUT2D eigenvalue weighted by atomic mass is 9.84. The van der Waals surface area contributed by atoms with Crippen molar-refractivity contribution >= 4 is 8.58 Å². The van der Waals surface area contributed by atoms with Crippen LogP contribution in [0.2, 0.25) is 0 Å². The minimum absolute atomic E-state index is 0. The molecule has 0 aliphatic rings. The first-order valence-corrected chi connectivity index (χ1v) is 10.5. The first-order valence-electron chi connectivity index (χ1n) is 9.29. The van der Waals surface area contributed by atoms with Gasteiger partial charge >= 0.3 is 0 Å². The molecule has 0 nitrogen and oxygen atoms in total. The van der Waals surface area contributed by atoms with E-state index in [2.05, 4.69) is 57.4 Å². The number of aryl methyl sites for hydroxylation is 1. The molecule has 0 saturated heterocycles. The summed E-state index contributed by atoms with van der Waals surface area (Å²) in [4.78, 5) is 0. The second kappa shape index (κ2) is 13.0. The van der Waals surface area contributed by atoms with Crippen molar-refractivity contribution in [1.29, 1.82) is 0 Å². The molecule has 0 saturated carbocycles. The van der Waals surface area contributed by atoms with E-state index in [9.17, 15) is 0 Å². The Morgan fingerprint density at radius 1 is 0.957 bits per heavy atom. The molecule has 132 valence electrons. The van der Waals surface area contributed by atoms with Crippen molar-refractivity contribution in [3.63, 3.8) is 0 Å². The van der Waals surface area contributed by atoms with Gasteiger partial charge in [-0.2, -0.15) is 0 Å². The molecule has 0 bridgehead atoms. The molecular formula is C21H36ClP. The third-order valence-corrected chi connectivity index (χ3v) is 6.51. The van der Waals surface area contributed by atoms with Crippen molar-refractivity contribution in [2.45, 2.75) is 83.7 Å². The Bertz CT molecular complexity index is 420. The van der Waals surface area contributed by atoms with Crippen LogP contribution in [0.15, 0.2) is 36.7 Å². The van der Waals surface area contributed by atoms with Gasteiger partial charge in [0.2, 0.25) is 0 Å². The maximum Gasteiger partial charge on any atom is 0.104 e. The number of rotatable bonds is 12. The molecule has 0 aliphatic carbocycles. The van der Waals surface area contributed by atoms with E-state index in [1.54, 1.807) is 11.1 Å². The average Bonchev–Trinajstić information content (AvgIpc) is 2.56. The van der Waals surface area contributed by atoms with Gasteiger partial charge in [-0.25, -0.2) is 0 Å². The lowest BCUT2D eigenvalue weighted by molar-refractivity contribution is -0.00000474. The van der Waals surface area contributed by atoms with Crippen molar-refractivity contribution in [2.75, 3.05) is 0 Å². The maximum atomic E-state index is 4.12. The number of hydrogen-bond acceptors (Lipinski definition) is 0. The Hall–Kier alpha value is -0.320. The van der Waals surface area contributed by atoms with E-state index in [0.717, 1.165) is 0 Å². The van der Waals surface area contributed by atoms with Gasteiger partial charge in [-0.15, -0.1) is 0 Å². The Morgan fingerprint density at radius 2 is 1.52 bits per heavy atom. The van der Waals surface area contributed by atoms with Crippen molar-refractivity contribution in [1.82, 2.24) is 0 Å². The summed E-state index contributed by atoms with van der Waals surface area (Å²) in [6.07, 6.45) is 11.8. The third-order valence-electron chi connectivity index (χ3n) is 4.74. The summed E-state index contributed by atoms with van der Waals surface area (Å²) < 4.78 is 0. The van der Waals surface area contributed by atoms with Crippen LogP contribution >= 0.6 is 8.58 Å². The van der Waals surface area contributed by atoms with Crippen LogP contribution in [0.25, 0.3) is 0 Å². The fourth-order valence-electron chi connectivity index (χ4n) is 3.45. The molecule has 0 N–H and O–H groups in total. The molecule has 0 aliphatic heterocycles. The average molecular weight is 355 g/mol. The number of halogens is 1. The molecule has 1 unspecified atom stereocenters. The van der Waals surface area contributed by atoms with Gasteiger partial charge in [0.15, 0.2) is 0 Å². The van der Waals surface area contributed by atoms with E-state index in [1.165, 1.54) is 57.8 Å². The lowest BCUT2D eigenvalue weighted by Gasteiger charge is -2.30. The first kappa shape index (κ1) is 22.7. The van der Waals surface area contributed by atoms with E-state index in [0.29, 0.717) is 5.16 Å². The van der Waals surface area contributed by atoms with Crippen LogP contribution in [0.1, 0.15) is 83.3 Å². The third kappa shape index (κ3) is 6.98. The molecule has 0 amide bonds. The highest BCUT2D eigenvalue weighted by atomic mass is 35.5. The van der Waals surface area contributed by atoms with Gasteiger partial charge in [0.25, 0.3) is 0 Å². The van der Waals surface area contributed by atoms with Gasteiger partial charge in [-0.05, 0) is 49.7 Å². The molecule has 23 heavy (non-hydrogen) atoms. The standard InChI is InChI=1S/C21H35P.ClH/c1-5-9-14-19-15-12-13-16-20(19)21(22-8-4,17-10-6-2)18-11-7-3;/h8,12-13,15-16,22H,4-7,9-11,14,17-18H2,1-3H3;1H. The zero-order valence-corrected chi connectivity index (χ0v) is 17.3. The molecule has 1 aromatic carbocycles. The van der Waals surface area contributed by atoms with Crippen LogP contribution in [0.5, 0.6) is 0 Å². The summed E-state index contributed by atoms with van der Waals surface area (Å²) in [5.41, 5.74) is 3.26. The largest absolute Gasteiger partial charge is 1.00 e. The van der Waals surface area contributed by atoms with E-state index >= 15 is 0 Å². The number of benzene rings is 1. The minimum atomic E-state index is 0. The van der Waals surface area contributed by atoms with Gasteiger partial charge in [-0.1, -0.05) is 70.9 Å². The molecular weight excluding hydrogens is 319 g/mol. The zero-order valence-electron chi connectivity index (χ0n) is 15.4. The van der Waals surface area contributed by atoms with E-state index < -0.39 is 0 Å². The first-order chi connectivity index (χ1) is 10.7. The molecule has 1 rings (SSSR count).